The number of carbonyl (C=O) groups excluding carboxylic acids is 1. The Morgan fingerprint density at radius 1 is 0.778 bits per heavy atom. The zero-order valence-corrected chi connectivity index (χ0v) is 20.6. The van der Waals surface area contributed by atoms with Crippen LogP contribution in [0.15, 0.2) is 66.7 Å². The summed E-state index contributed by atoms with van der Waals surface area (Å²) >= 11 is 0. The predicted octanol–water partition coefficient (Wildman–Crippen LogP) is 4.29. The second-order valence-corrected chi connectivity index (χ2v) is 8.50. The minimum atomic E-state index is -0.0775. The predicted molar refractivity (Wildman–Crippen MR) is 139 cm³/mol. The third-order valence-corrected chi connectivity index (χ3v) is 6.52. The Hall–Kier alpha value is -4.33. The number of methoxy groups -OCH3 is 3. The molecule has 0 unspecified atom stereocenters. The van der Waals surface area contributed by atoms with Crippen molar-refractivity contribution in [2.45, 2.75) is 0 Å². The first-order valence-electron chi connectivity index (χ1n) is 11.8. The monoisotopic (exact) mass is 484 g/mol. The number of aromatic nitrogens is 2. The lowest BCUT2D eigenvalue weighted by atomic mass is 10.0. The summed E-state index contributed by atoms with van der Waals surface area (Å²) in [5.74, 6) is 2.11. The van der Waals surface area contributed by atoms with Gasteiger partial charge in [-0.3, -0.25) is 4.79 Å². The van der Waals surface area contributed by atoms with Crippen LogP contribution in [0.4, 0.5) is 5.82 Å². The Morgan fingerprint density at radius 2 is 1.47 bits per heavy atom. The Kier molecular flexibility index (Phi) is 6.58. The fraction of sp³-hybridized carbons (Fsp3) is 0.250. The van der Waals surface area contributed by atoms with E-state index < -0.39 is 0 Å². The molecule has 1 aromatic heterocycles. The molecule has 2 heterocycles. The number of hydrogen-bond donors (Lipinski definition) is 0. The Bertz CT molecular complexity index is 1350. The number of anilines is 1. The highest BCUT2D eigenvalue weighted by Crippen LogP contribution is 2.38. The number of carbonyl (C=O) groups is 1. The standard InChI is InChI=1S/C28H28N4O4/c1-34-24-17-20(18-25(35-2)27(24)36-3)28(33)32-15-13-31(14-16-32)26-12-11-23(29-30-26)22-10-6-8-19-7-4-5-9-21(19)22/h4-12,17-18H,13-16H2,1-3H3. The van der Waals surface area contributed by atoms with Crippen LogP contribution in [0.5, 0.6) is 17.2 Å². The van der Waals surface area contributed by atoms with Crippen LogP contribution in [-0.2, 0) is 0 Å². The molecule has 184 valence electrons. The number of hydrogen-bond acceptors (Lipinski definition) is 7. The van der Waals surface area contributed by atoms with Crippen molar-refractivity contribution in [3.05, 3.63) is 72.3 Å². The van der Waals surface area contributed by atoms with Crippen molar-refractivity contribution in [3.8, 4) is 28.5 Å². The van der Waals surface area contributed by atoms with Crippen LogP contribution >= 0.6 is 0 Å². The molecule has 0 saturated carbocycles. The van der Waals surface area contributed by atoms with Gasteiger partial charge in [0.25, 0.3) is 5.91 Å². The van der Waals surface area contributed by atoms with Gasteiger partial charge in [0.15, 0.2) is 17.3 Å². The highest BCUT2D eigenvalue weighted by Gasteiger charge is 2.25. The number of nitrogens with zero attached hydrogens (tertiary/aromatic N) is 4. The summed E-state index contributed by atoms with van der Waals surface area (Å²) in [6, 6.07) is 21.9. The first kappa shape index (κ1) is 23.4. The quantitative estimate of drug-likeness (QED) is 0.404. The lowest BCUT2D eigenvalue weighted by Crippen LogP contribution is -2.49. The molecule has 8 heteroatoms. The smallest absolute Gasteiger partial charge is 0.254 e. The van der Waals surface area contributed by atoms with Crippen molar-refractivity contribution in [1.82, 2.24) is 15.1 Å². The molecule has 1 fully saturated rings. The molecule has 0 N–H and O–H groups in total. The minimum absolute atomic E-state index is 0.0775. The van der Waals surface area contributed by atoms with Gasteiger partial charge in [0.05, 0.1) is 27.0 Å². The van der Waals surface area contributed by atoms with Gasteiger partial charge in [0.2, 0.25) is 5.75 Å². The first-order valence-corrected chi connectivity index (χ1v) is 11.8. The number of benzene rings is 3. The summed E-state index contributed by atoms with van der Waals surface area (Å²) in [4.78, 5) is 17.2. The Labute approximate surface area is 210 Å². The van der Waals surface area contributed by atoms with Gasteiger partial charge in [-0.15, -0.1) is 10.2 Å². The van der Waals surface area contributed by atoms with Crippen molar-refractivity contribution in [2.24, 2.45) is 0 Å². The molecule has 1 saturated heterocycles. The zero-order valence-electron chi connectivity index (χ0n) is 20.6. The molecule has 1 aliphatic heterocycles. The van der Waals surface area contributed by atoms with Crippen molar-refractivity contribution in [3.63, 3.8) is 0 Å². The summed E-state index contributed by atoms with van der Waals surface area (Å²) in [7, 11) is 4.62. The van der Waals surface area contributed by atoms with Gasteiger partial charge in [-0.1, -0.05) is 42.5 Å². The minimum Gasteiger partial charge on any atom is -0.493 e. The van der Waals surface area contributed by atoms with Crippen molar-refractivity contribution in [1.29, 1.82) is 0 Å². The number of rotatable bonds is 6. The van der Waals surface area contributed by atoms with Crippen LogP contribution in [0, 0.1) is 0 Å². The number of ether oxygens (including phenoxy) is 3. The van der Waals surface area contributed by atoms with Gasteiger partial charge < -0.3 is 24.0 Å². The highest BCUT2D eigenvalue weighted by atomic mass is 16.5. The Morgan fingerprint density at radius 3 is 2.11 bits per heavy atom. The van der Waals surface area contributed by atoms with Gasteiger partial charge in [-0.2, -0.15) is 0 Å². The third kappa shape index (κ3) is 4.37. The van der Waals surface area contributed by atoms with Gasteiger partial charge >= 0.3 is 0 Å². The topological polar surface area (TPSA) is 77.0 Å². The number of amides is 1. The van der Waals surface area contributed by atoms with Crippen LogP contribution in [0.3, 0.4) is 0 Å². The van der Waals surface area contributed by atoms with Crippen molar-refractivity contribution >= 4 is 22.5 Å². The highest BCUT2D eigenvalue weighted by molar-refractivity contribution is 5.96. The van der Waals surface area contributed by atoms with E-state index >= 15 is 0 Å². The average Bonchev–Trinajstić information content (AvgIpc) is 2.95. The molecule has 8 nitrogen and oxygen atoms in total. The Balaban J connectivity index is 1.28. The van der Waals surface area contributed by atoms with Crippen molar-refractivity contribution < 1.29 is 19.0 Å². The lowest BCUT2D eigenvalue weighted by molar-refractivity contribution is 0.0745. The molecule has 1 aliphatic rings. The fourth-order valence-corrected chi connectivity index (χ4v) is 4.61. The fourth-order valence-electron chi connectivity index (χ4n) is 4.61. The summed E-state index contributed by atoms with van der Waals surface area (Å²) < 4.78 is 16.2. The summed E-state index contributed by atoms with van der Waals surface area (Å²) in [6.45, 7) is 2.47. The molecule has 0 atom stereocenters. The second-order valence-electron chi connectivity index (χ2n) is 8.50. The van der Waals surface area contributed by atoms with Gasteiger partial charge in [0, 0.05) is 37.3 Å². The van der Waals surface area contributed by atoms with E-state index in [1.165, 1.54) is 19.6 Å². The number of fused-ring (bicyclic) bond motifs is 1. The SMILES string of the molecule is COc1cc(C(=O)N2CCN(c3ccc(-c4cccc5ccccc45)nn3)CC2)cc(OC)c1OC. The average molecular weight is 485 g/mol. The van der Waals surface area contributed by atoms with Gasteiger partial charge in [-0.25, -0.2) is 0 Å². The molecule has 1 amide bonds. The lowest BCUT2D eigenvalue weighted by Gasteiger charge is -2.35. The maximum Gasteiger partial charge on any atom is 0.254 e. The maximum atomic E-state index is 13.2. The molecule has 0 radical (unpaired) electrons. The molecular weight excluding hydrogens is 456 g/mol. The van der Waals surface area contributed by atoms with E-state index in [-0.39, 0.29) is 5.91 Å². The van der Waals surface area contributed by atoms with Crippen molar-refractivity contribution in [2.75, 3.05) is 52.4 Å². The zero-order chi connectivity index (χ0) is 25.1. The summed E-state index contributed by atoms with van der Waals surface area (Å²) in [5.41, 5.74) is 2.40. The maximum absolute atomic E-state index is 13.2. The third-order valence-electron chi connectivity index (χ3n) is 6.52. The van der Waals surface area contributed by atoms with Gasteiger partial charge in [0.1, 0.15) is 0 Å². The number of piperazine rings is 1. The first-order chi connectivity index (χ1) is 17.6. The van der Waals surface area contributed by atoms with Crippen LogP contribution in [-0.4, -0.2) is 68.5 Å². The molecular formula is C28H28N4O4. The van der Waals surface area contributed by atoms with E-state index in [4.69, 9.17) is 14.2 Å². The van der Waals surface area contributed by atoms with E-state index in [2.05, 4.69) is 39.4 Å². The molecule has 36 heavy (non-hydrogen) atoms. The molecule has 5 rings (SSSR count). The molecule has 0 spiro atoms. The second kappa shape index (κ2) is 10.1. The molecule has 4 aromatic rings. The van der Waals surface area contributed by atoms with E-state index in [1.54, 1.807) is 19.2 Å². The van der Waals surface area contributed by atoms with E-state index in [0.29, 0.717) is 49.0 Å². The molecule has 0 aliphatic carbocycles. The van der Waals surface area contributed by atoms with E-state index in [0.717, 1.165) is 22.5 Å². The summed E-state index contributed by atoms with van der Waals surface area (Å²) in [5, 5.41) is 11.4. The van der Waals surface area contributed by atoms with Crippen LogP contribution < -0.4 is 19.1 Å². The largest absolute Gasteiger partial charge is 0.493 e. The van der Waals surface area contributed by atoms with Crippen LogP contribution in [0.25, 0.3) is 22.0 Å². The van der Waals surface area contributed by atoms with Crippen LogP contribution in [0.1, 0.15) is 10.4 Å². The van der Waals surface area contributed by atoms with Gasteiger partial charge in [-0.05, 0) is 35.0 Å². The van der Waals surface area contributed by atoms with Crippen LogP contribution in [0.2, 0.25) is 0 Å². The normalized spacial score (nSPS) is 13.5. The molecule has 0 bridgehead atoms. The van der Waals surface area contributed by atoms with E-state index in [9.17, 15) is 4.79 Å². The molecule has 3 aromatic carbocycles. The van der Waals surface area contributed by atoms with E-state index in [1.807, 2.05) is 35.2 Å². The summed E-state index contributed by atoms with van der Waals surface area (Å²) in [6.07, 6.45) is 0.